The summed E-state index contributed by atoms with van der Waals surface area (Å²) in [4.78, 5) is 13.2. The maximum absolute atomic E-state index is 11.1. The Morgan fingerprint density at radius 1 is 1.39 bits per heavy atom. The number of hydrogen-bond acceptors (Lipinski definition) is 3. The van der Waals surface area contributed by atoms with Crippen LogP contribution in [0, 0.1) is 5.92 Å². The first-order valence-electron chi connectivity index (χ1n) is 6.24. The Morgan fingerprint density at radius 2 is 2.06 bits per heavy atom. The van der Waals surface area contributed by atoms with Crippen molar-refractivity contribution in [1.29, 1.82) is 0 Å². The fraction of sp³-hybridized carbons (Fsp3) is 0.500. The Morgan fingerprint density at radius 3 is 2.67 bits per heavy atom. The van der Waals surface area contributed by atoms with Crippen LogP contribution >= 0.6 is 0 Å². The van der Waals surface area contributed by atoms with Gasteiger partial charge in [-0.05, 0) is 37.4 Å². The number of aromatic carboxylic acids is 1. The van der Waals surface area contributed by atoms with Crippen LogP contribution in [-0.2, 0) is 6.54 Å². The van der Waals surface area contributed by atoms with E-state index < -0.39 is 5.97 Å². The topological polar surface area (TPSA) is 60.8 Å². The summed E-state index contributed by atoms with van der Waals surface area (Å²) in [7, 11) is 1.99. The molecule has 1 aromatic carbocycles. The van der Waals surface area contributed by atoms with Gasteiger partial charge >= 0.3 is 5.97 Å². The van der Waals surface area contributed by atoms with Gasteiger partial charge in [0.05, 0.1) is 11.7 Å². The summed E-state index contributed by atoms with van der Waals surface area (Å²) in [5.74, 6) is -0.333. The first kappa shape index (κ1) is 13.1. The van der Waals surface area contributed by atoms with E-state index in [-0.39, 0.29) is 6.10 Å². The zero-order valence-electron chi connectivity index (χ0n) is 10.5. The standard InChI is InChI=1S/C14H19NO3/c1-15(8-10-6-12(16)7-10)9-11-4-2-3-5-13(11)14(17)18/h2-5,10,12,16H,6-9H2,1H3,(H,17,18). The molecule has 1 aliphatic carbocycles. The first-order chi connectivity index (χ1) is 8.56. The average molecular weight is 249 g/mol. The highest BCUT2D eigenvalue weighted by Crippen LogP contribution is 2.28. The Kier molecular flexibility index (Phi) is 3.99. The minimum absolute atomic E-state index is 0.130. The highest BCUT2D eigenvalue weighted by molar-refractivity contribution is 5.89. The smallest absolute Gasteiger partial charge is 0.336 e. The van der Waals surface area contributed by atoms with Crippen molar-refractivity contribution in [3.05, 3.63) is 35.4 Å². The predicted molar refractivity (Wildman–Crippen MR) is 68.5 cm³/mol. The third-order valence-corrected chi connectivity index (χ3v) is 3.47. The van der Waals surface area contributed by atoms with Gasteiger partial charge in [-0.3, -0.25) is 0 Å². The molecule has 0 unspecified atom stereocenters. The first-order valence-corrected chi connectivity index (χ1v) is 6.24. The van der Waals surface area contributed by atoms with E-state index in [1.807, 2.05) is 19.2 Å². The molecule has 0 radical (unpaired) electrons. The number of carboxylic acids is 1. The summed E-state index contributed by atoms with van der Waals surface area (Å²) in [6, 6.07) is 7.10. The molecule has 0 spiro atoms. The van der Waals surface area contributed by atoms with Gasteiger partial charge in [-0.2, -0.15) is 0 Å². The summed E-state index contributed by atoms with van der Waals surface area (Å²) in [6.07, 6.45) is 1.60. The molecule has 18 heavy (non-hydrogen) atoms. The maximum Gasteiger partial charge on any atom is 0.336 e. The molecular weight excluding hydrogens is 230 g/mol. The molecular formula is C14H19NO3. The van der Waals surface area contributed by atoms with Gasteiger partial charge in [0.25, 0.3) is 0 Å². The zero-order chi connectivity index (χ0) is 13.1. The van der Waals surface area contributed by atoms with E-state index in [1.54, 1.807) is 12.1 Å². The lowest BCUT2D eigenvalue weighted by molar-refractivity contribution is 0.0273. The van der Waals surface area contributed by atoms with Crippen molar-refractivity contribution < 1.29 is 15.0 Å². The molecule has 0 aliphatic heterocycles. The highest BCUT2D eigenvalue weighted by Gasteiger charge is 2.28. The number of nitrogens with zero attached hydrogens (tertiary/aromatic N) is 1. The summed E-state index contributed by atoms with van der Waals surface area (Å²) in [5.41, 5.74) is 1.21. The highest BCUT2D eigenvalue weighted by atomic mass is 16.4. The van der Waals surface area contributed by atoms with Crippen LogP contribution in [-0.4, -0.2) is 40.8 Å². The largest absolute Gasteiger partial charge is 0.478 e. The van der Waals surface area contributed by atoms with E-state index in [4.69, 9.17) is 5.11 Å². The van der Waals surface area contributed by atoms with Crippen LogP contribution < -0.4 is 0 Å². The molecule has 4 nitrogen and oxygen atoms in total. The van der Waals surface area contributed by atoms with Crippen molar-refractivity contribution in [3.8, 4) is 0 Å². The second-order valence-corrected chi connectivity index (χ2v) is 5.15. The molecule has 0 saturated heterocycles. The molecule has 2 rings (SSSR count). The van der Waals surface area contributed by atoms with Crippen LogP contribution in [0.1, 0.15) is 28.8 Å². The number of aliphatic hydroxyl groups is 1. The monoisotopic (exact) mass is 249 g/mol. The van der Waals surface area contributed by atoms with Gasteiger partial charge in [0.1, 0.15) is 0 Å². The maximum atomic E-state index is 11.1. The Bertz CT molecular complexity index is 427. The van der Waals surface area contributed by atoms with Gasteiger partial charge in [0, 0.05) is 13.1 Å². The van der Waals surface area contributed by atoms with Gasteiger partial charge in [0.15, 0.2) is 0 Å². The molecule has 1 saturated carbocycles. The minimum Gasteiger partial charge on any atom is -0.478 e. The number of carboxylic acid groups (broad SMARTS) is 1. The van der Waals surface area contributed by atoms with E-state index in [0.717, 1.165) is 24.9 Å². The van der Waals surface area contributed by atoms with E-state index in [2.05, 4.69) is 4.90 Å². The molecule has 1 fully saturated rings. The van der Waals surface area contributed by atoms with Crippen LogP contribution in [0.4, 0.5) is 0 Å². The van der Waals surface area contributed by atoms with Gasteiger partial charge < -0.3 is 15.1 Å². The average Bonchev–Trinajstić information content (AvgIpc) is 2.27. The van der Waals surface area contributed by atoms with Crippen molar-refractivity contribution >= 4 is 5.97 Å². The molecule has 0 heterocycles. The number of hydrogen-bond donors (Lipinski definition) is 2. The number of rotatable bonds is 5. The second-order valence-electron chi connectivity index (χ2n) is 5.15. The second kappa shape index (κ2) is 5.50. The molecule has 98 valence electrons. The molecule has 1 aliphatic rings. The van der Waals surface area contributed by atoms with Crippen molar-refractivity contribution in [2.24, 2.45) is 5.92 Å². The SMILES string of the molecule is CN(Cc1ccccc1C(=O)O)CC1CC(O)C1. The molecule has 0 aromatic heterocycles. The normalized spacial score (nSPS) is 22.8. The Balaban J connectivity index is 1.94. The third-order valence-electron chi connectivity index (χ3n) is 3.47. The van der Waals surface area contributed by atoms with Crippen LogP contribution in [0.2, 0.25) is 0 Å². The van der Waals surface area contributed by atoms with Crippen LogP contribution in [0.5, 0.6) is 0 Å². The molecule has 0 bridgehead atoms. The lowest BCUT2D eigenvalue weighted by atomic mass is 9.82. The van der Waals surface area contributed by atoms with E-state index >= 15 is 0 Å². The summed E-state index contributed by atoms with van der Waals surface area (Å²) >= 11 is 0. The Hall–Kier alpha value is -1.39. The molecule has 0 amide bonds. The van der Waals surface area contributed by atoms with Gasteiger partial charge in [0.2, 0.25) is 0 Å². The minimum atomic E-state index is -0.877. The third kappa shape index (κ3) is 3.09. The number of carbonyl (C=O) groups is 1. The summed E-state index contributed by atoms with van der Waals surface area (Å²) in [6.45, 7) is 1.54. The number of aliphatic hydroxyl groups excluding tert-OH is 1. The summed E-state index contributed by atoms with van der Waals surface area (Å²) in [5, 5.41) is 18.3. The number of benzene rings is 1. The predicted octanol–water partition coefficient (Wildman–Crippen LogP) is 1.59. The lowest BCUT2D eigenvalue weighted by Gasteiger charge is -2.34. The molecule has 1 aromatic rings. The van der Waals surface area contributed by atoms with Crippen LogP contribution in [0.25, 0.3) is 0 Å². The van der Waals surface area contributed by atoms with Gasteiger partial charge in [-0.15, -0.1) is 0 Å². The lowest BCUT2D eigenvalue weighted by Crippen LogP contribution is -2.37. The van der Waals surface area contributed by atoms with E-state index in [1.165, 1.54) is 0 Å². The van der Waals surface area contributed by atoms with Crippen molar-refractivity contribution in [2.45, 2.75) is 25.5 Å². The van der Waals surface area contributed by atoms with Gasteiger partial charge in [-0.25, -0.2) is 4.79 Å². The fourth-order valence-electron chi connectivity index (χ4n) is 2.51. The molecule has 0 atom stereocenters. The zero-order valence-corrected chi connectivity index (χ0v) is 10.5. The van der Waals surface area contributed by atoms with Crippen molar-refractivity contribution in [1.82, 2.24) is 4.90 Å². The Labute approximate surface area is 107 Å². The van der Waals surface area contributed by atoms with Crippen LogP contribution in [0.3, 0.4) is 0 Å². The summed E-state index contributed by atoms with van der Waals surface area (Å²) < 4.78 is 0. The quantitative estimate of drug-likeness (QED) is 0.832. The fourth-order valence-corrected chi connectivity index (χ4v) is 2.51. The van der Waals surface area contributed by atoms with E-state index in [9.17, 15) is 9.90 Å². The van der Waals surface area contributed by atoms with E-state index in [0.29, 0.717) is 18.0 Å². The molecule has 4 heteroatoms. The van der Waals surface area contributed by atoms with Crippen LogP contribution in [0.15, 0.2) is 24.3 Å². The van der Waals surface area contributed by atoms with Crippen molar-refractivity contribution in [3.63, 3.8) is 0 Å². The van der Waals surface area contributed by atoms with Crippen molar-refractivity contribution in [2.75, 3.05) is 13.6 Å². The molecule has 2 N–H and O–H groups in total. The van der Waals surface area contributed by atoms with Gasteiger partial charge in [-0.1, -0.05) is 18.2 Å².